The molecule has 2 heteroatoms. The molecule has 0 saturated carbocycles. The lowest BCUT2D eigenvalue weighted by Gasteiger charge is -2.42. The molecule has 19 heavy (non-hydrogen) atoms. The molecule has 1 aliphatic rings. The first-order chi connectivity index (χ1) is 8.89. The molecule has 0 aromatic heterocycles. The van der Waals surface area contributed by atoms with E-state index in [9.17, 15) is 4.79 Å². The van der Waals surface area contributed by atoms with E-state index in [4.69, 9.17) is 4.74 Å². The van der Waals surface area contributed by atoms with Crippen molar-refractivity contribution in [2.24, 2.45) is 11.8 Å². The Balaban J connectivity index is 2.76. The van der Waals surface area contributed by atoms with E-state index in [-0.39, 0.29) is 17.6 Å². The van der Waals surface area contributed by atoms with Crippen LogP contribution in [0.5, 0.6) is 0 Å². The number of fused-ring (bicyclic) bond motifs is 1. The molecule has 0 aliphatic carbocycles. The van der Waals surface area contributed by atoms with E-state index in [0.717, 1.165) is 11.1 Å². The molecule has 0 atom stereocenters. The number of hydrogen-bond donors (Lipinski definition) is 0. The minimum atomic E-state index is -0.441. The molecule has 0 radical (unpaired) electrons. The maximum atomic E-state index is 12.3. The van der Waals surface area contributed by atoms with E-state index in [1.165, 1.54) is 0 Å². The van der Waals surface area contributed by atoms with Crippen LogP contribution in [0.4, 0.5) is 0 Å². The Morgan fingerprint density at radius 3 is 2.21 bits per heavy atom. The summed E-state index contributed by atoms with van der Waals surface area (Å²) in [6, 6.07) is 7.82. The number of ketones is 1. The summed E-state index contributed by atoms with van der Waals surface area (Å²) in [5, 5.41) is 0. The molecule has 2 rings (SSSR count). The van der Waals surface area contributed by atoms with Gasteiger partial charge in [-0.15, -0.1) is 0 Å². The highest BCUT2D eigenvalue weighted by Gasteiger charge is 2.44. The van der Waals surface area contributed by atoms with Gasteiger partial charge in [-0.1, -0.05) is 52.0 Å². The van der Waals surface area contributed by atoms with Gasteiger partial charge in [0.1, 0.15) is 5.60 Å². The van der Waals surface area contributed by atoms with E-state index < -0.39 is 5.60 Å². The third-order valence-electron chi connectivity index (χ3n) is 3.99. The minimum Gasteiger partial charge on any atom is -0.487 e. The van der Waals surface area contributed by atoms with E-state index in [1.54, 1.807) is 6.08 Å². The van der Waals surface area contributed by atoms with Crippen molar-refractivity contribution in [3.8, 4) is 0 Å². The van der Waals surface area contributed by atoms with Crippen molar-refractivity contribution in [2.45, 2.75) is 40.2 Å². The van der Waals surface area contributed by atoms with E-state index >= 15 is 0 Å². The average molecular weight is 258 g/mol. The minimum absolute atomic E-state index is 0.0382. The standard InChI is InChI=1S/C17H22O2/c1-11(2)17(12(3)4)15-9-7-6-8-14(15)16(18)10-13(5)19-17/h6-12H,1-5H3. The molecule has 0 fully saturated rings. The molecule has 0 unspecified atom stereocenters. The van der Waals surface area contributed by atoms with Gasteiger partial charge < -0.3 is 4.74 Å². The first kappa shape index (κ1) is 13.9. The van der Waals surface area contributed by atoms with E-state index in [1.807, 2.05) is 31.2 Å². The van der Waals surface area contributed by atoms with Gasteiger partial charge in [0, 0.05) is 17.2 Å². The van der Waals surface area contributed by atoms with Crippen molar-refractivity contribution in [3.05, 3.63) is 47.2 Å². The van der Waals surface area contributed by atoms with Crippen LogP contribution >= 0.6 is 0 Å². The molecular weight excluding hydrogens is 236 g/mol. The lowest BCUT2D eigenvalue weighted by atomic mass is 9.73. The maximum Gasteiger partial charge on any atom is 0.189 e. The summed E-state index contributed by atoms with van der Waals surface area (Å²) in [5.41, 5.74) is 1.34. The summed E-state index contributed by atoms with van der Waals surface area (Å²) in [4.78, 5) is 12.3. The molecule has 102 valence electrons. The van der Waals surface area contributed by atoms with Crippen molar-refractivity contribution in [1.29, 1.82) is 0 Å². The number of carbonyl (C=O) groups excluding carboxylic acids is 1. The van der Waals surface area contributed by atoms with Gasteiger partial charge in [0.25, 0.3) is 0 Å². The molecule has 0 spiro atoms. The van der Waals surface area contributed by atoms with Gasteiger partial charge in [-0.25, -0.2) is 0 Å². The average Bonchev–Trinajstić information content (AvgIpc) is 2.45. The Bertz CT molecular complexity index is 516. The van der Waals surface area contributed by atoms with E-state index in [2.05, 4.69) is 27.7 Å². The van der Waals surface area contributed by atoms with Crippen LogP contribution < -0.4 is 0 Å². The van der Waals surface area contributed by atoms with Gasteiger partial charge in [-0.2, -0.15) is 0 Å². The summed E-state index contributed by atoms with van der Waals surface area (Å²) in [6.45, 7) is 10.5. The Morgan fingerprint density at radius 2 is 1.63 bits per heavy atom. The fraction of sp³-hybridized carbons (Fsp3) is 0.471. The highest BCUT2D eigenvalue weighted by Crippen LogP contribution is 2.45. The van der Waals surface area contributed by atoms with Crippen LogP contribution in [-0.4, -0.2) is 5.78 Å². The molecular formula is C17H22O2. The van der Waals surface area contributed by atoms with Gasteiger partial charge >= 0.3 is 0 Å². The van der Waals surface area contributed by atoms with Gasteiger partial charge in [-0.05, 0) is 18.8 Å². The van der Waals surface area contributed by atoms with Crippen molar-refractivity contribution >= 4 is 5.78 Å². The monoisotopic (exact) mass is 258 g/mol. The van der Waals surface area contributed by atoms with Crippen LogP contribution in [0.25, 0.3) is 0 Å². The van der Waals surface area contributed by atoms with Gasteiger partial charge in [0.2, 0.25) is 0 Å². The SMILES string of the molecule is CC1=CC(=O)c2ccccc2C(C(C)C)(C(C)C)O1. The molecule has 0 N–H and O–H groups in total. The van der Waals surface area contributed by atoms with Crippen molar-refractivity contribution in [1.82, 2.24) is 0 Å². The predicted molar refractivity (Wildman–Crippen MR) is 77.0 cm³/mol. The predicted octanol–water partition coefficient (Wildman–Crippen LogP) is 4.31. The Labute approximate surface area is 115 Å². The summed E-state index contributed by atoms with van der Waals surface area (Å²) in [5.74, 6) is 1.30. The van der Waals surface area contributed by atoms with Crippen LogP contribution in [0.2, 0.25) is 0 Å². The topological polar surface area (TPSA) is 26.3 Å². The smallest absolute Gasteiger partial charge is 0.189 e. The largest absolute Gasteiger partial charge is 0.487 e. The van der Waals surface area contributed by atoms with Crippen LogP contribution in [0, 0.1) is 11.8 Å². The number of hydrogen-bond acceptors (Lipinski definition) is 2. The molecule has 0 saturated heterocycles. The third-order valence-corrected chi connectivity index (χ3v) is 3.99. The normalized spacial score (nSPS) is 17.8. The number of carbonyl (C=O) groups is 1. The molecule has 0 amide bonds. The summed E-state index contributed by atoms with van der Waals surface area (Å²) in [6.07, 6.45) is 1.60. The quantitative estimate of drug-likeness (QED) is 0.790. The van der Waals surface area contributed by atoms with Gasteiger partial charge in [-0.3, -0.25) is 4.79 Å². The Morgan fingerprint density at radius 1 is 1.05 bits per heavy atom. The fourth-order valence-electron chi connectivity index (χ4n) is 3.18. The van der Waals surface area contributed by atoms with Crippen LogP contribution in [0.1, 0.15) is 50.5 Å². The molecule has 1 aromatic rings. The zero-order chi connectivity index (χ0) is 14.2. The zero-order valence-electron chi connectivity index (χ0n) is 12.4. The highest BCUT2D eigenvalue weighted by molar-refractivity contribution is 6.06. The molecule has 1 aliphatic heterocycles. The van der Waals surface area contributed by atoms with Crippen LogP contribution in [-0.2, 0) is 10.3 Å². The number of ether oxygens (including phenoxy) is 1. The summed E-state index contributed by atoms with van der Waals surface area (Å²) in [7, 11) is 0. The van der Waals surface area contributed by atoms with Crippen LogP contribution in [0.3, 0.4) is 0 Å². The molecule has 1 aromatic carbocycles. The number of allylic oxidation sites excluding steroid dienone is 2. The van der Waals surface area contributed by atoms with E-state index in [0.29, 0.717) is 5.76 Å². The number of benzene rings is 1. The first-order valence-electron chi connectivity index (χ1n) is 6.90. The van der Waals surface area contributed by atoms with Crippen molar-refractivity contribution < 1.29 is 9.53 Å². The highest BCUT2D eigenvalue weighted by atomic mass is 16.5. The maximum absolute atomic E-state index is 12.3. The first-order valence-corrected chi connectivity index (χ1v) is 6.90. The molecule has 0 bridgehead atoms. The van der Waals surface area contributed by atoms with Gasteiger partial charge in [0.05, 0.1) is 5.76 Å². The second-order valence-corrected chi connectivity index (χ2v) is 5.87. The molecule has 2 nitrogen and oxygen atoms in total. The lowest BCUT2D eigenvalue weighted by Crippen LogP contribution is -2.40. The van der Waals surface area contributed by atoms with Crippen molar-refractivity contribution in [3.63, 3.8) is 0 Å². The van der Waals surface area contributed by atoms with Gasteiger partial charge in [0.15, 0.2) is 5.78 Å². The third kappa shape index (κ3) is 2.09. The fourth-order valence-corrected chi connectivity index (χ4v) is 3.18. The molecule has 1 heterocycles. The Kier molecular flexibility index (Phi) is 3.53. The lowest BCUT2D eigenvalue weighted by molar-refractivity contribution is -0.0789. The van der Waals surface area contributed by atoms with Crippen LogP contribution in [0.15, 0.2) is 36.1 Å². The Hall–Kier alpha value is -1.57. The zero-order valence-corrected chi connectivity index (χ0v) is 12.4. The second-order valence-electron chi connectivity index (χ2n) is 5.87. The summed E-state index contributed by atoms with van der Waals surface area (Å²) < 4.78 is 6.26. The second kappa shape index (κ2) is 4.84. The summed E-state index contributed by atoms with van der Waals surface area (Å²) >= 11 is 0. The number of rotatable bonds is 2. The van der Waals surface area contributed by atoms with Crippen molar-refractivity contribution in [2.75, 3.05) is 0 Å².